The Balaban J connectivity index is 1.99. The smallest absolute Gasteiger partial charge is 0.311 e. The Hall–Kier alpha value is -1.44. The molecule has 0 saturated carbocycles. The third kappa shape index (κ3) is 4.34. The Labute approximate surface area is 143 Å². The quantitative estimate of drug-likeness (QED) is 0.754. The van der Waals surface area contributed by atoms with Crippen molar-refractivity contribution in [3.8, 4) is 0 Å². The van der Waals surface area contributed by atoms with Crippen LogP contribution in [-0.2, 0) is 20.6 Å². The summed E-state index contributed by atoms with van der Waals surface area (Å²) in [6.07, 6.45) is 1.64. The maximum Gasteiger partial charge on any atom is 0.330 e. The second-order valence-electron chi connectivity index (χ2n) is 7.19. The van der Waals surface area contributed by atoms with Crippen LogP contribution in [0.2, 0.25) is 0 Å². The Bertz CT molecular complexity index is 656. The van der Waals surface area contributed by atoms with Crippen LogP contribution in [-0.4, -0.2) is 64.7 Å². The summed E-state index contributed by atoms with van der Waals surface area (Å²) in [6, 6.07) is 0.454. The number of nitrogens with one attached hydrogen (secondary N) is 1. The molecule has 7 heteroatoms. The van der Waals surface area contributed by atoms with Gasteiger partial charge in [0.05, 0.1) is 0 Å². The number of aromatic nitrogens is 2. The van der Waals surface area contributed by atoms with Crippen molar-refractivity contribution < 1.29 is 0 Å². The second-order valence-corrected chi connectivity index (χ2v) is 7.19. The molecular formula is C17H31N5O2. The average molecular weight is 337 g/mol. The molecule has 2 rings (SSSR count). The van der Waals surface area contributed by atoms with Crippen LogP contribution in [0.25, 0.3) is 0 Å². The molecule has 1 aromatic heterocycles. The molecule has 0 amide bonds. The van der Waals surface area contributed by atoms with Crippen LogP contribution < -0.4 is 16.6 Å². The molecule has 1 fully saturated rings. The summed E-state index contributed by atoms with van der Waals surface area (Å²) < 4.78 is 2.62. The minimum absolute atomic E-state index is 0.216. The number of likely N-dealkylation sites (N-methyl/N-ethyl adjacent to an activating group) is 1. The monoisotopic (exact) mass is 337 g/mol. The van der Waals surface area contributed by atoms with Crippen LogP contribution in [0, 0.1) is 5.92 Å². The third-order valence-electron chi connectivity index (χ3n) is 4.96. The number of piperazine rings is 1. The summed E-state index contributed by atoms with van der Waals surface area (Å²) in [7, 11) is 5.36. The summed E-state index contributed by atoms with van der Waals surface area (Å²) in [5.74, 6) is 0.545. The lowest BCUT2D eigenvalue weighted by Gasteiger charge is -2.40. The van der Waals surface area contributed by atoms with Crippen LogP contribution in [0.5, 0.6) is 0 Å². The van der Waals surface area contributed by atoms with Gasteiger partial charge in [-0.2, -0.15) is 0 Å². The van der Waals surface area contributed by atoms with Gasteiger partial charge in [0.25, 0.3) is 5.56 Å². The maximum absolute atomic E-state index is 12.2. The van der Waals surface area contributed by atoms with Crippen molar-refractivity contribution in [1.29, 1.82) is 0 Å². The molecule has 0 aliphatic carbocycles. The Morgan fingerprint density at radius 3 is 2.29 bits per heavy atom. The highest BCUT2D eigenvalue weighted by Gasteiger charge is 2.24. The fraction of sp³-hybridized carbons (Fsp3) is 0.765. The van der Waals surface area contributed by atoms with Gasteiger partial charge in [-0.25, -0.2) is 4.79 Å². The fourth-order valence-corrected chi connectivity index (χ4v) is 3.30. The molecule has 1 aliphatic heterocycles. The molecule has 0 spiro atoms. The van der Waals surface area contributed by atoms with Crippen LogP contribution in [0.3, 0.4) is 0 Å². The third-order valence-corrected chi connectivity index (χ3v) is 4.96. The van der Waals surface area contributed by atoms with Gasteiger partial charge in [-0.3, -0.25) is 14.3 Å². The number of hydrogen-bond acceptors (Lipinski definition) is 5. The highest BCUT2D eigenvalue weighted by molar-refractivity contribution is 5.05. The molecule has 1 aliphatic rings. The van der Waals surface area contributed by atoms with Crippen LogP contribution in [0.15, 0.2) is 15.8 Å². The topological polar surface area (TPSA) is 62.5 Å². The molecule has 0 radical (unpaired) electrons. The maximum atomic E-state index is 12.2. The standard InChI is InChI=1S/C17H31N5O2/c1-13(2)15(22-8-6-19(3)7-9-22)11-18-10-14-12-20(4)17(24)21(5)16(14)23/h12-13,15,18H,6-11H2,1-5H3. The minimum atomic E-state index is -0.291. The van der Waals surface area contributed by atoms with Crippen molar-refractivity contribution in [2.75, 3.05) is 39.8 Å². The van der Waals surface area contributed by atoms with E-state index in [1.807, 2.05) is 0 Å². The molecular weight excluding hydrogens is 306 g/mol. The number of hydrogen-bond donors (Lipinski definition) is 1. The van der Waals surface area contributed by atoms with E-state index in [9.17, 15) is 9.59 Å². The zero-order valence-corrected chi connectivity index (χ0v) is 15.6. The molecule has 1 saturated heterocycles. The summed E-state index contributed by atoms with van der Waals surface area (Å²) in [5, 5.41) is 3.42. The van der Waals surface area contributed by atoms with Crippen LogP contribution >= 0.6 is 0 Å². The molecule has 136 valence electrons. The van der Waals surface area contributed by atoms with Crippen molar-refractivity contribution in [2.24, 2.45) is 20.0 Å². The SMILES string of the molecule is CC(C)C(CNCc1cn(C)c(=O)n(C)c1=O)N1CCN(C)CC1. The van der Waals surface area contributed by atoms with Gasteiger partial charge in [0.15, 0.2) is 0 Å². The average Bonchev–Trinajstić information content (AvgIpc) is 2.55. The van der Waals surface area contributed by atoms with E-state index in [-0.39, 0.29) is 11.2 Å². The van der Waals surface area contributed by atoms with E-state index >= 15 is 0 Å². The number of rotatable bonds is 6. The van der Waals surface area contributed by atoms with E-state index in [1.165, 1.54) is 11.6 Å². The first-order chi connectivity index (χ1) is 11.3. The van der Waals surface area contributed by atoms with E-state index in [1.54, 1.807) is 13.2 Å². The largest absolute Gasteiger partial charge is 0.330 e. The first-order valence-electron chi connectivity index (χ1n) is 8.70. The molecule has 0 aromatic carbocycles. The van der Waals surface area contributed by atoms with E-state index in [0.717, 1.165) is 37.3 Å². The van der Waals surface area contributed by atoms with Crippen LogP contribution in [0.1, 0.15) is 19.4 Å². The Morgan fingerprint density at radius 2 is 1.71 bits per heavy atom. The van der Waals surface area contributed by atoms with Crippen molar-refractivity contribution in [2.45, 2.75) is 26.4 Å². The molecule has 1 unspecified atom stereocenters. The van der Waals surface area contributed by atoms with Gasteiger partial charge >= 0.3 is 5.69 Å². The van der Waals surface area contributed by atoms with Gasteiger partial charge in [0.1, 0.15) is 0 Å². The van der Waals surface area contributed by atoms with Crippen molar-refractivity contribution in [1.82, 2.24) is 24.3 Å². The molecule has 2 heterocycles. The lowest BCUT2D eigenvalue weighted by atomic mass is 10.0. The first-order valence-corrected chi connectivity index (χ1v) is 8.70. The van der Waals surface area contributed by atoms with Gasteiger partial charge < -0.3 is 14.8 Å². The lowest BCUT2D eigenvalue weighted by molar-refractivity contribution is 0.0875. The Kier molecular flexibility index (Phi) is 6.37. The van der Waals surface area contributed by atoms with E-state index in [0.29, 0.717) is 24.1 Å². The second kappa shape index (κ2) is 8.09. The van der Waals surface area contributed by atoms with E-state index in [2.05, 4.69) is 36.0 Å². The van der Waals surface area contributed by atoms with Gasteiger partial charge in [0, 0.05) is 71.2 Å². The summed E-state index contributed by atoms with van der Waals surface area (Å²) in [5.41, 5.74) is 0.119. The zero-order valence-electron chi connectivity index (χ0n) is 15.6. The highest BCUT2D eigenvalue weighted by Crippen LogP contribution is 2.12. The van der Waals surface area contributed by atoms with Crippen LogP contribution in [0.4, 0.5) is 0 Å². The number of nitrogens with zero attached hydrogens (tertiary/aromatic N) is 4. The molecule has 1 N–H and O–H groups in total. The summed E-state index contributed by atoms with van der Waals surface area (Å²) >= 11 is 0. The zero-order chi connectivity index (χ0) is 17.9. The first kappa shape index (κ1) is 18.9. The normalized spacial score (nSPS) is 18.2. The number of aryl methyl sites for hydroxylation is 1. The molecule has 0 bridgehead atoms. The highest BCUT2D eigenvalue weighted by atomic mass is 16.2. The molecule has 7 nitrogen and oxygen atoms in total. The summed E-state index contributed by atoms with van der Waals surface area (Å²) in [6.45, 7) is 10.2. The molecule has 1 aromatic rings. The van der Waals surface area contributed by atoms with Gasteiger partial charge in [-0.15, -0.1) is 0 Å². The van der Waals surface area contributed by atoms with Gasteiger partial charge in [0.2, 0.25) is 0 Å². The van der Waals surface area contributed by atoms with Gasteiger partial charge in [-0.1, -0.05) is 13.8 Å². The predicted molar refractivity (Wildman–Crippen MR) is 96.3 cm³/mol. The fourth-order valence-electron chi connectivity index (χ4n) is 3.30. The summed E-state index contributed by atoms with van der Waals surface area (Å²) in [4.78, 5) is 28.8. The van der Waals surface area contributed by atoms with Gasteiger partial charge in [-0.05, 0) is 13.0 Å². The molecule has 1 atom stereocenters. The van der Waals surface area contributed by atoms with Crippen molar-refractivity contribution in [3.05, 3.63) is 32.6 Å². The van der Waals surface area contributed by atoms with Crippen molar-refractivity contribution in [3.63, 3.8) is 0 Å². The van der Waals surface area contributed by atoms with E-state index in [4.69, 9.17) is 0 Å². The lowest BCUT2D eigenvalue weighted by Crippen LogP contribution is -2.53. The molecule has 24 heavy (non-hydrogen) atoms. The minimum Gasteiger partial charge on any atom is -0.311 e. The predicted octanol–water partition coefficient (Wildman–Crippen LogP) is -0.554. The Morgan fingerprint density at radius 1 is 1.08 bits per heavy atom. The van der Waals surface area contributed by atoms with E-state index < -0.39 is 0 Å². The van der Waals surface area contributed by atoms with Crippen molar-refractivity contribution >= 4 is 0 Å².